The summed E-state index contributed by atoms with van der Waals surface area (Å²) in [6, 6.07) is 2.13. The van der Waals surface area contributed by atoms with Gasteiger partial charge in [0.1, 0.15) is 0 Å². The molecular weight excluding hydrogens is 232 g/mol. The SMILES string of the molecule is CCOC1CC(CC(O)c2cc(C)sc2C)C1. The van der Waals surface area contributed by atoms with Crippen LogP contribution in [0.15, 0.2) is 6.07 Å². The molecule has 3 heteroatoms. The van der Waals surface area contributed by atoms with E-state index in [-0.39, 0.29) is 6.10 Å². The maximum absolute atomic E-state index is 10.2. The van der Waals surface area contributed by atoms with Crippen LogP contribution >= 0.6 is 11.3 Å². The van der Waals surface area contributed by atoms with Crippen LogP contribution in [-0.2, 0) is 4.74 Å². The quantitative estimate of drug-likeness (QED) is 0.870. The smallest absolute Gasteiger partial charge is 0.0803 e. The summed E-state index contributed by atoms with van der Waals surface area (Å²) in [6.07, 6.45) is 3.29. The molecule has 1 aromatic rings. The van der Waals surface area contributed by atoms with Crippen LogP contribution in [0.1, 0.15) is 47.6 Å². The lowest BCUT2D eigenvalue weighted by molar-refractivity contribution is -0.0380. The second kappa shape index (κ2) is 5.51. The Morgan fingerprint density at radius 1 is 1.47 bits per heavy atom. The average Bonchev–Trinajstić information content (AvgIpc) is 2.54. The van der Waals surface area contributed by atoms with Crippen LogP contribution in [0.3, 0.4) is 0 Å². The summed E-state index contributed by atoms with van der Waals surface area (Å²) in [7, 11) is 0. The Labute approximate surface area is 108 Å². The van der Waals surface area contributed by atoms with E-state index in [2.05, 4.69) is 19.9 Å². The van der Waals surface area contributed by atoms with Crippen molar-refractivity contribution in [1.29, 1.82) is 0 Å². The van der Waals surface area contributed by atoms with Gasteiger partial charge in [0.2, 0.25) is 0 Å². The van der Waals surface area contributed by atoms with Gasteiger partial charge in [0.15, 0.2) is 0 Å². The predicted octanol–water partition coefficient (Wildman–Crippen LogP) is 3.60. The zero-order valence-corrected chi connectivity index (χ0v) is 11.7. The van der Waals surface area contributed by atoms with Gasteiger partial charge >= 0.3 is 0 Å². The molecule has 0 bridgehead atoms. The molecular formula is C14H22O2S. The van der Waals surface area contributed by atoms with E-state index < -0.39 is 0 Å². The van der Waals surface area contributed by atoms with Crippen molar-refractivity contribution < 1.29 is 9.84 Å². The summed E-state index contributed by atoms with van der Waals surface area (Å²) in [6.45, 7) is 7.05. The van der Waals surface area contributed by atoms with Crippen LogP contribution < -0.4 is 0 Å². The number of aliphatic hydroxyl groups is 1. The summed E-state index contributed by atoms with van der Waals surface area (Å²) in [4.78, 5) is 2.55. The Hall–Kier alpha value is -0.380. The predicted molar refractivity (Wildman–Crippen MR) is 71.5 cm³/mol. The first-order chi connectivity index (χ1) is 8.10. The summed E-state index contributed by atoms with van der Waals surface area (Å²) in [5, 5.41) is 10.2. The molecule has 96 valence electrons. The highest BCUT2D eigenvalue weighted by atomic mass is 32.1. The fraction of sp³-hybridized carbons (Fsp3) is 0.714. The van der Waals surface area contributed by atoms with Gasteiger partial charge in [0.25, 0.3) is 0 Å². The van der Waals surface area contributed by atoms with Gasteiger partial charge in [0, 0.05) is 16.4 Å². The van der Waals surface area contributed by atoms with Gasteiger partial charge in [-0.05, 0) is 57.6 Å². The lowest BCUT2D eigenvalue weighted by Gasteiger charge is -2.36. The van der Waals surface area contributed by atoms with E-state index in [1.807, 2.05) is 6.92 Å². The molecule has 0 saturated heterocycles. The van der Waals surface area contributed by atoms with E-state index in [0.29, 0.717) is 12.0 Å². The average molecular weight is 254 g/mol. The topological polar surface area (TPSA) is 29.5 Å². The van der Waals surface area contributed by atoms with Crippen molar-refractivity contribution in [2.24, 2.45) is 5.92 Å². The molecule has 2 rings (SSSR count). The number of hydrogen-bond acceptors (Lipinski definition) is 3. The van der Waals surface area contributed by atoms with E-state index in [9.17, 15) is 5.11 Å². The monoisotopic (exact) mass is 254 g/mol. The molecule has 1 unspecified atom stereocenters. The number of ether oxygens (including phenoxy) is 1. The summed E-state index contributed by atoms with van der Waals surface area (Å²) in [5.41, 5.74) is 1.13. The molecule has 1 N–H and O–H groups in total. The molecule has 1 heterocycles. The second-order valence-electron chi connectivity index (χ2n) is 5.03. The zero-order valence-electron chi connectivity index (χ0n) is 10.9. The fourth-order valence-electron chi connectivity index (χ4n) is 2.66. The largest absolute Gasteiger partial charge is 0.388 e. The molecule has 17 heavy (non-hydrogen) atoms. The number of thiophene rings is 1. The fourth-order valence-corrected chi connectivity index (χ4v) is 3.64. The Morgan fingerprint density at radius 2 is 2.18 bits per heavy atom. The molecule has 0 spiro atoms. The molecule has 2 nitrogen and oxygen atoms in total. The van der Waals surface area contributed by atoms with Crippen LogP contribution in [0.25, 0.3) is 0 Å². The molecule has 1 saturated carbocycles. The maximum Gasteiger partial charge on any atom is 0.0803 e. The van der Waals surface area contributed by atoms with Crippen molar-refractivity contribution in [2.45, 2.75) is 52.2 Å². The first-order valence-electron chi connectivity index (χ1n) is 6.46. The van der Waals surface area contributed by atoms with Crippen molar-refractivity contribution in [1.82, 2.24) is 0 Å². The molecule has 0 aliphatic heterocycles. The van der Waals surface area contributed by atoms with Crippen molar-refractivity contribution in [2.75, 3.05) is 6.61 Å². The molecule has 1 aliphatic rings. The van der Waals surface area contributed by atoms with E-state index in [0.717, 1.165) is 31.4 Å². The molecule has 1 aromatic heterocycles. The van der Waals surface area contributed by atoms with E-state index in [4.69, 9.17) is 4.74 Å². The second-order valence-corrected chi connectivity index (χ2v) is 6.50. The van der Waals surface area contributed by atoms with Gasteiger partial charge in [0.05, 0.1) is 12.2 Å². The first-order valence-corrected chi connectivity index (χ1v) is 7.28. The summed E-state index contributed by atoms with van der Waals surface area (Å²) < 4.78 is 5.54. The van der Waals surface area contributed by atoms with Crippen molar-refractivity contribution in [3.63, 3.8) is 0 Å². The Morgan fingerprint density at radius 3 is 2.71 bits per heavy atom. The zero-order chi connectivity index (χ0) is 12.4. The molecule has 0 aromatic carbocycles. The van der Waals surface area contributed by atoms with Crippen LogP contribution in [0.5, 0.6) is 0 Å². The molecule has 1 atom stereocenters. The van der Waals surface area contributed by atoms with Gasteiger partial charge in [-0.15, -0.1) is 11.3 Å². The third-order valence-electron chi connectivity index (χ3n) is 3.59. The molecule has 0 amide bonds. The Balaban J connectivity index is 1.82. The van der Waals surface area contributed by atoms with Crippen molar-refractivity contribution in [3.8, 4) is 0 Å². The minimum Gasteiger partial charge on any atom is -0.388 e. The lowest BCUT2D eigenvalue weighted by Crippen LogP contribution is -2.32. The Bertz CT molecular complexity index is 366. The molecule has 1 fully saturated rings. The van der Waals surface area contributed by atoms with E-state index in [1.165, 1.54) is 9.75 Å². The van der Waals surface area contributed by atoms with Crippen LogP contribution in [0.2, 0.25) is 0 Å². The summed E-state index contributed by atoms with van der Waals surface area (Å²) in [5.74, 6) is 0.640. The Kier molecular flexibility index (Phi) is 4.23. The number of aryl methyl sites for hydroxylation is 2. The van der Waals surface area contributed by atoms with Gasteiger partial charge < -0.3 is 9.84 Å². The third kappa shape index (κ3) is 3.09. The highest BCUT2D eigenvalue weighted by molar-refractivity contribution is 7.12. The third-order valence-corrected chi connectivity index (χ3v) is 4.57. The first kappa shape index (κ1) is 13.1. The number of rotatable bonds is 5. The number of hydrogen-bond donors (Lipinski definition) is 1. The lowest BCUT2D eigenvalue weighted by atomic mass is 9.78. The van der Waals surface area contributed by atoms with E-state index >= 15 is 0 Å². The van der Waals surface area contributed by atoms with Gasteiger partial charge in [-0.1, -0.05) is 0 Å². The summed E-state index contributed by atoms with van der Waals surface area (Å²) >= 11 is 1.77. The normalized spacial score (nSPS) is 25.6. The van der Waals surface area contributed by atoms with Gasteiger partial charge in [-0.25, -0.2) is 0 Å². The molecule has 1 aliphatic carbocycles. The number of aliphatic hydroxyl groups excluding tert-OH is 1. The van der Waals surface area contributed by atoms with Crippen molar-refractivity contribution in [3.05, 3.63) is 21.4 Å². The van der Waals surface area contributed by atoms with Crippen molar-refractivity contribution >= 4 is 11.3 Å². The standard InChI is InChI=1S/C14H22O2S/c1-4-16-12-6-11(7-12)8-14(15)13-5-9(2)17-10(13)3/h5,11-12,14-15H,4,6-8H2,1-3H3. The minimum absolute atomic E-state index is 0.285. The molecule has 0 radical (unpaired) electrons. The highest BCUT2D eigenvalue weighted by Gasteiger charge is 2.31. The highest BCUT2D eigenvalue weighted by Crippen LogP contribution is 2.38. The van der Waals surface area contributed by atoms with E-state index in [1.54, 1.807) is 11.3 Å². The van der Waals surface area contributed by atoms with Crippen LogP contribution in [0, 0.1) is 19.8 Å². The maximum atomic E-state index is 10.2. The minimum atomic E-state index is -0.285. The van der Waals surface area contributed by atoms with Gasteiger partial charge in [-0.3, -0.25) is 0 Å². The van der Waals surface area contributed by atoms with Crippen LogP contribution in [-0.4, -0.2) is 17.8 Å². The van der Waals surface area contributed by atoms with Gasteiger partial charge in [-0.2, -0.15) is 0 Å². The van der Waals surface area contributed by atoms with Crippen LogP contribution in [0.4, 0.5) is 0 Å².